The Morgan fingerprint density at radius 2 is 1.21 bits per heavy atom. The van der Waals surface area contributed by atoms with Gasteiger partial charge in [0.2, 0.25) is 0 Å². The third-order valence-corrected chi connectivity index (χ3v) is 8.78. The first-order chi connectivity index (χ1) is 14.0. The van der Waals surface area contributed by atoms with Crippen molar-refractivity contribution in [3.8, 4) is 0 Å². The molecule has 29 heavy (non-hydrogen) atoms. The van der Waals surface area contributed by atoms with Gasteiger partial charge in [-0.05, 0) is 29.7 Å². The standard InChI is InChI=1S/C27H26OS/c1-26-18-22(29-21-16-10-5-11-17-21)27(2,25(26)28)24(20-14-8-4-9-15-20)23(26)19-12-6-3-7-13-19/h3-17,22-24H,18H2,1-2H3/t22-,23+,24+,26+,27-/m0/s1. The number of Topliss-reactive ketones (excluding diaryl/α,β-unsaturated/α-hetero) is 1. The molecule has 1 nitrogen and oxygen atoms in total. The maximum Gasteiger partial charge on any atom is 0.147 e. The van der Waals surface area contributed by atoms with Crippen LogP contribution in [-0.2, 0) is 4.79 Å². The lowest BCUT2D eigenvalue weighted by molar-refractivity contribution is -0.128. The zero-order valence-electron chi connectivity index (χ0n) is 16.9. The first kappa shape index (κ1) is 18.7. The van der Waals surface area contributed by atoms with Gasteiger partial charge in [-0.1, -0.05) is 92.7 Å². The molecule has 0 aromatic heterocycles. The van der Waals surface area contributed by atoms with Gasteiger partial charge in [-0.15, -0.1) is 11.8 Å². The van der Waals surface area contributed by atoms with Gasteiger partial charge in [0.15, 0.2) is 0 Å². The minimum atomic E-state index is -0.378. The Bertz CT molecular complexity index is 1020. The summed E-state index contributed by atoms with van der Waals surface area (Å²) >= 11 is 1.89. The SMILES string of the molecule is C[C@]12C(=O)[C@](C)(C[C@@H]1Sc1ccccc1)[C@H](c1ccccc1)[C@H]2c1ccccc1. The summed E-state index contributed by atoms with van der Waals surface area (Å²) in [5.74, 6) is 0.857. The Hall–Kier alpha value is -2.32. The van der Waals surface area contributed by atoms with Gasteiger partial charge in [0, 0.05) is 32.8 Å². The van der Waals surface area contributed by atoms with E-state index < -0.39 is 0 Å². The minimum absolute atomic E-state index is 0.193. The molecule has 0 saturated heterocycles. The van der Waals surface area contributed by atoms with Crippen LogP contribution in [0.5, 0.6) is 0 Å². The van der Waals surface area contributed by atoms with Gasteiger partial charge in [-0.3, -0.25) is 4.79 Å². The number of carbonyl (C=O) groups is 1. The predicted octanol–water partition coefficient (Wildman–Crippen LogP) is 6.71. The molecular weight excluding hydrogens is 372 g/mol. The lowest BCUT2D eigenvalue weighted by atomic mass is 9.62. The third-order valence-electron chi connectivity index (χ3n) is 7.29. The zero-order chi connectivity index (χ0) is 20.1. The molecule has 2 aliphatic rings. The molecule has 3 aromatic carbocycles. The molecule has 0 aliphatic heterocycles. The molecule has 2 fully saturated rings. The summed E-state index contributed by atoms with van der Waals surface area (Å²) < 4.78 is 0. The molecular formula is C27H26OS. The Morgan fingerprint density at radius 3 is 1.76 bits per heavy atom. The number of benzene rings is 3. The molecule has 0 N–H and O–H groups in total. The summed E-state index contributed by atoms with van der Waals surface area (Å²) in [5, 5.41) is 0.285. The van der Waals surface area contributed by atoms with Crippen LogP contribution in [0.3, 0.4) is 0 Å². The molecule has 2 bridgehead atoms. The Labute approximate surface area is 177 Å². The molecule has 0 amide bonds. The second-order valence-corrected chi connectivity index (χ2v) is 10.2. The molecule has 0 radical (unpaired) electrons. The average Bonchev–Trinajstić information content (AvgIpc) is 3.06. The van der Waals surface area contributed by atoms with E-state index in [0.29, 0.717) is 5.78 Å². The molecule has 3 aromatic rings. The number of hydrogen-bond donors (Lipinski definition) is 0. The lowest BCUT2D eigenvalue weighted by Gasteiger charge is -2.43. The molecule has 2 aliphatic carbocycles. The highest BCUT2D eigenvalue weighted by Crippen LogP contribution is 2.73. The van der Waals surface area contributed by atoms with Crippen molar-refractivity contribution < 1.29 is 4.79 Å². The van der Waals surface area contributed by atoms with Crippen LogP contribution in [0.1, 0.15) is 43.2 Å². The first-order valence-corrected chi connectivity index (χ1v) is 11.3. The van der Waals surface area contributed by atoms with Crippen molar-refractivity contribution in [1.29, 1.82) is 0 Å². The van der Waals surface area contributed by atoms with Crippen molar-refractivity contribution in [2.24, 2.45) is 10.8 Å². The molecule has 0 unspecified atom stereocenters. The van der Waals surface area contributed by atoms with Gasteiger partial charge < -0.3 is 0 Å². The van der Waals surface area contributed by atoms with E-state index in [4.69, 9.17) is 0 Å². The van der Waals surface area contributed by atoms with E-state index in [2.05, 4.69) is 105 Å². The molecule has 2 saturated carbocycles. The van der Waals surface area contributed by atoms with E-state index in [9.17, 15) is 4.79 Å². The van der Waals surface area contributed by atoms with Crippen molar-refractivity contribution in [3.63, 3.8) is 0 Å². The molecule has 5 atom stereocenters. The highest BCUT2D eigenvalue weighted by molar-refractivity contribution is 8.00. The highest BCUT2D eigenvalue weighted by Gasteiger charge is 2.72. The van der Waals surface area contributed by atoms with Crippen LogP contribution >= 0.6 is 11.8 Å². The smallest absolute Gasteiger partial charge is 0.147 e. The van der Waals surface area contributed by atoms with E-state index in [0.717, 1.165) is 6.42 Å². The van der Waals surface area contributed by atoms with Crippen LogP contribution < -0.4 is 0 Å². The topological polar surface area (TPSA) is 17.1 Å². The Morgan fingerprint density at radius 1 is 0.724 bits per heavy atom. The Kier molecular flexibility index (Phi) is 4.43. The maximum atomic E-state index is 14.0. The summed E-state index contributed by atoms with van der Waals surface area (Å²) in [6.45, 7) is 4.46. The van der Waals surface area contributed by atoms with Gasteiger partial charge in [-0.25, -0.2) is 0 Å². The van der Waals surface area contributed by atoms with Gasteiger partial charge >= 0.3 is 0 Å². The maximum absolute atomic E-state index is 14.0. The zero-order valence-corrected chi connectivity index (χ0v) is 17.7. The second kappa shape index (κ2) is 6.88. The lowest BCUT2D eigenvalue weighted by Crippen LogP contribution is -2.38. The monoisotopic (exact) mass is 398 g/mol. The van der Waals surface area contributed by atoms with Crippen LogP contribution in [0.2, 0.25) is 0 Å². The molecule has 0 heterocycles. The van der Waals surface area contributed by atoms with Gasteiger partial charge in [0.1, 0.15) is 5.78 Å². The van der Waals surface area contributed by atoms with Crippen molar-refractivity contribution in [3.05, 3.63) is 102 Å². The van der Waals surface area contributed by atoms with Crippen LogP contribution in [0.4, 0.5) is 0 Å². The largest absolute Gasteiger partial charge is 0.298 e. The van der Waals surface area contributed by atoms with E-state index in [1.54, 1.807) is 0 Å². The van der Waals surface area contributed by atoms with E-state index >= 15 is 0 Å². The quantitative estimate of drug-likeness (QED) is 0.485. The number of thioether (sulfide) groups is 1. The average molecular weight is 399 g/mol. The van der Waals surface area contributed by atoms with Crippen LogP contribution in [0, 0.1) is 10.8 Å². The van der Waals surface area contributed by atoms with Crippen LogP contribution in [-0.4, -0.2) is 11.0 Å². The fourth-order valence-electron chi connectivity index (χ4n) is 6.02. The van der Waals surface area contributed by atoms with Crippen molar-refractivity contribution in [2.45, 2.75) is 42.2 Å². The van der Waals surface area contributed by atoms with E-state index in [-0.39, 0.29) is 27.9 Å². The van der Waals surface area contributed by atoms with Crippen LogP contribution in [0.15, 0.2) is 95.9 Å². The summed E-state index contributed by atoms with van der Waals surface area (Å²) in [5.41, 5.74) is 1.88. The van der Waals surface area contributed by atoms with Crippen molar-refractivity contribution in [1.82, 2.24) is 0 Å². The normalized spacial score (nSPS) is 33.2. The van der Waals surface area contributed by atoms with E-state index in [1.807, 2.05) is 11.8 Å². The van der Waals surface area contributed by atoms with E-state index in [1.165, 1.54) is 16.0 Å². The predicted molar refractivity (Wildman–Crippen MR) is 120 cm³/mol. The first-order valence-electron chi connectivity index (χ1n) is 10.4. The molecule has 5 rings (SSSR count). The molecule has 0 spiro atoms. The number of hydrogen-bond acceptors (Lipinski definition) is 2. The fourth-order valence-corrected chi connectivity index (χ4v) is 7.59. The number of carbonyl (C=O) groups excluding carboxylic acids is 1. The van der Waals surface area contributed by atoms with Crippen molar-refractivity contribution in [2.75, 3.05) is 0 Å². The number of ketones is 1. The number of rotatable bonds is 4. The summed E-state index contributed by atoms with van der Waals surface area (Å²) in [7, 11) is 0. The summed E-state index contributed by atoms with van der Waals surface area (Å²) in [4.78, 5) is 15.2. The fraction of sp³-hybridized carbons (Fsp3) is 0.296. The summed E-state index contributed by atoms with van der Waals surface area (Å²) in [6, 6.07) is 32.0. The minimum Gasteiger partial charge on any atom is -0.298 e. The van der Waals surface area contributed by atoms with Gasteiger partial charge in [0.05, 0.1) is 0 Å². The second-order valence-electron chi connectivity index (χ2n) is 8.93. The van der Waals surface area contributed by atoms with Gasteiger partial charge in [-0.2, -0.15) is 0 Å². The van der Waals surface area contributed by atoms with Crippen molar-refractivity contribution >= 4 is 17.5 Å². The highest BCUT2D eigenvalue weighted by atomic mass is 32.2. The van der Waals surface area contributed by atoms with Crippen LogP contribution in [0.25, 0.3) is 0 Å². The number of fused-ring (bicyclic) bond motifs is 2. The Balaban J connectivity index is 1.64. The summed E-state index contributed by atoms with van der Waals surface area (Å²) in [6.07, 6.45) is 0.935. The van der Waals surface area contributed by atoms with Gasteiger partial charge in [0.25, 0.3) is 0 Å². The molecule has 2 heteroatoms. The molecule has 146 valence electrons. The third kappa shape index (κ3) is 2.73.